The number of ether oxygens (including phenoxy) is 2. The molecule has 8 heteroatoms. The molecule has 1 atom stereocenters. The molecule has 3 aromatic rings. The number of benzene rings is 1. The molecule has 7 nitrogen and oxygen atoms in total. The van der Waals surface area contributed by atoms with Crippen LogP contribution in [-0.2, 0) is 11.2 Å². The first-order valence-corrected chi connectivity index (χ1v) is 11.5. The minimum Gasteiger partial charge on any atom is -0.493 e. The number of aromatic nitrogens is 3. The maximum Gasteiger partial charge on any atom is 0.266 e. The molecule has 1 saturated heterocycles. The summed E-state index contributed by atoms with van der Waals surface area (Å²) in [7, 11) is 0. The minimum absolute atomic E-state index is 0.0148. The van der Waals surface area contributed by atoms with Gasteiger partial charge in [0.1, 0.15) is 16.7 Å². The normalized spacial score (nSPS) is 16.6. The van der Waals surface area contributed by atoms with Gasteiger partial charge in [0.05, 0.1) is 36.7 Å². The van der Waals surface area contributed by atoms with Crippen LogP contribution in [0.25, 0.3) is 0 Å². The highest BCUT2D eigenvalue weighted by Crippen LogP contribution is 2.24. The second-order valence-corrected chi connectivity index (χ2v) is 8.87. The van der Waals surface area contributed by atoms with Gasteiger partial charge in [0.15, 0.2) is 0 Å². The minimum atomic E-state index is -0.236. The molecule has 0 saturated carbocycles. The zero-order chi connectivity index (χ0) is 21.8. The molecular weight excluding hydrogens is 412 g/mol. The monoisotopic (exact) mass is 440 g/mol. The molecule has 0 aliphatic carbocycles. The van der Waals surface area contributed by atoms with Crippen molar-refractivity contribution in [3.05, 3.63) is 63.4 Å². The number of hydrogen-bond acceptors (Lipinski definition) is 6. The van der Waals surface area contributed by atoms with Gasteiger partial charge in [-0.1, -0.05) is 26.0 Å². The maximum absolute atomic E-state index is 12.8. The third-order valence-corrected chi connectivity index (χ3v) is 6.38. The zero-order valence-electron chi connectivity index (χ0n) is 18.1. The van der Waals surface area contributed by atoms with Gasteiger partial charge in [-0.05, 0) is 36.6 Å². The van der Waals surface area contributed by atoms with Crippen LogP contribution >= 0.6 is 11.3 Å². The van der Waals surface area contributed by atoms with Crippen molar-refractivity contribution < 1.29 is 14.3 Å². The van der Waals surface area contributed by atoms with E-state index in [0.717, 1.165) is 22.8 Å². The van der Waals surface area contributed by atoms with Crippen molar-refractivity contribution in [3.63, 3.8) is 0 Å². The number of carbonyl (C=O) groups excluding carboxylic acids is 1. The Morgan fingerprint density at radius 2 is 2.16 bits per heavy atom. The fourth-order valence-electron chi connectivity index (χ4n) is 3.56. The van der Waals surface area contributed by atoms with Crippen molar-refractivity contribution in [1.82, 2.24) is 20.1 Å². The molecule has 0 spiro atoms. The van der Waals surface area contributed by atoms with Crippen molar-refractivity contribution in [2.45, 2.75) is 39.2 Å². The molecule has 1 fully saturated rings. The van der Waals surface area contributed by atoms with E-state index in [-0.39, 0.29) is 12.0 Å². The molecule has 2 aromatic heterocycles. The van der Waals surface area contributed by atoms with Gasteiger partial charge in [-0.3, -0.25) is 9.89 Å². The van der Waals surface area contributed by atoms with Crippen LogP contribution in [0.3, 0.4) is 0 Å². The maximum atomic E-state index is 12.8. The lowest BCUT2D eigenvalue weighted by molar-refractivity contribution is -0.0246. The quantitative estimate of drug-likeness (QED) is 0.597. The summed E-state index contributed by atoms with van der Waals surface area (Å²) in [5.74, 6) is 1.39. The summed E-state index contributed by atoms with van der Waals surface area (Å²) >= 11 is 1.38. The molecule has 3 heterocycles. The smallest absolute Gasteiger partial charge is 0.266 e. The predicted molar refractivity (Wildman–Crippen MR) is 120 cm³/mol. The van der Waals surface area contributed by atoms with E-state index in [4.69, 9.17) is 9.47 Å². The van der Waals surface area contributed by atoms with Gasteiger partial charge in [-0.2, -0.15) is 5.10 Å². The summed E-state index contributed by atoms with van der Waals surface area (Å²) < 4.78 is 11.8. The molecule has 1 amide bonds. The molecule has 1 N–H and O–H groups in total. The Labute approximate surface area is 186 Å². The van der Waals surface area contributed by atoms with Crippen LogP contribution in [0.2, 0.25) is 0 Å². The van der Waals surface area contributed by atoms with Crippen LogP contribution in [-0.4, -0.2) is 52.3 Å². The molecule has 0 radical (unpaired) electrons. The Morgan fingerprint density at radius 3 is 2.87 bits per heavy atom. The number of carbonyl (C=O) groups is 1. The van der Waals surface area contributed by atoms with E-state index in [0.29, 0.717) is 43.5 Å². The number of rotatable bonds is 7. The molecule has 0 bridgehead atoms. The van der Waals surface area contributed by atoms with Crippen LogP contribution in [0.4, 0.5) is 0 Å². The van der Waals surface area contributed by atoms with Gasteiger partial charge in [0.25, 0.3) is 5.91 Å². The molecule has 1 aromatic carbocycles. The number of hydrogen-bond donors (Lipinski definition) is 1. The van der Waals surface area contributed by atoms with Crippen LogP contribution in [0.15, 0.2) is 35.8 Å². The van der Waals surface area contributed by atoms with E-state index < -0.39 is 0 Å². The van der Waals surface area contributed by atoms with Crippen LogP contribution in [0.1, 0.15) is 58.2 Å². The fourth-order valence-corrected chi connectivity index (χ4v) is 4.33. The summed E-state index contributed by atoms with van der Waals surface area (Å²) in [5, 5.41) is 7.49. The summed E-state index contributed by atoms with van der Waals surface area (Å²) in [6.07, 6.45) is 0.481. The molecule has 1 aliphatic rings. The van der Waals surface area contributed by atoms with Gasteiger partial charge in [-0.25, -0.2) is 4.98 Å². The van der Waals surface area contributed by atoms with E-state index >= 15 is 0 Å². The Kier molecular flexibility index (Phi) is 6.67. The van der Waals surface area contributed by atoms with Crippen molar-refractivity contribution >= 4 is 17.2 Å². The van der Waals surface area contributed by atoms with Crippen molar-refractivity contribution in [3.8, 4) is 5.75 Å². The van der Waals surface area contributed by atoms with Crippen LogP contribution in [0.5, 0.6) is 5.75 Å². The predicted octanol–water partition coefficient (Wildman–Crippen LogP) is 4.13. The third-order valence-electron chi connectivity index (χ3n) is 5.46. The van der Waals surface area contributed by atoms with Gasteiger partial charge in [0, 0.05) is 18.7 Å². The Morgan fingerprint density at radius 1 is 1.35 bits per heavy atom. The highest BCUT2D eigenvalue weighted by atomic mass is 32.1. The third kappa shape index (κ3) is 5.14. The lowest BCUT2D eigenvalue weighted by Gasteiger charge is -2.31. The Balaban J connectivity index is 1.30. The van der Waals surface area contributed by atoms with Crippen LogP contribution in [0, 0.1) is 6.92 Å². The summed E-state index contributed by atoms with van der Waals surface area (Å²) in [6.45, 7) is 8.33. The lowest BCUT2D eigenvalue weighted by Crippen LogP contribution is -2.42. The number of nitrogens with one attached hydrogen (secondary N) is 1. The Bertz CT molecular complexity index is 1010. The fraction of sp³-hybridized carbons (Fsp3) is 0.435. The lowest BCUT2D eigenvalue weighted by atomic mass is 10.0. The molecule has 31 heavy (non-hydrogen) atoms. The van der Waals surface area contributed by atoms with E-state index in [1.807, 2.05) is 30.0 Å². The van der Waals surface area contributed by atoms with Crippen molar-refractivity contribution in [2.24, 2.45) is 0 Å². The van der Waals surface area contributed by atoms with Gasteiger partial charge in [-0.15, -0.1) is 11.3 Å². The standard InChI is InChI=1S/C23H28N4O3S/c1-15(2)17-4-6-19(7-5-17)29-10-8-18-12-20(26-25-18)21-13-27(9-11-30-21)23(28)22-16(3)24-14-31-22/h4-7,12,14-15,21H,8-11,13H2,1-3H3,(H,25,26)/t21-/m0/s1. The number of aromatic amines is 1. The molecule has 0 unspecified atom stereocenters. The van der Waals surface area contributed by atoms with Gasteiger partial charge >= 0.3 is 0 Å². The van der Waals surface area contributed by atoms with E-state index in [9.17, 15) is 4.79 Å². The highest BCUT2D eigenvalue weighted by molar-refractivity contribution is 7.11. The van der Waals surface area contributed by atoms with E-state index in [1.54, 1.807) is 5.51 Å². The number of nitrogens with zero attached hydrogens (tertiary/aromatic N) is 3. The SMILES string of the molecule is Cc1ncsc1C(=O)N1CCO[C@H](c2cc(CCOc3ccc(C(C)C)cc3)[nH]n2)C1. The average molecular weight is 441 g/mol. The first kappa shape index (κ1) is 21.5. The number of amides is 1. The summed E-state index contributed by atoms with van der Waals surface area (Å²) in [4.78, 5) is 19.5. The number of aryl methyl sites for hydroxylation is 1. The number of H-pyrrole nitrogens is 1. The first-order valence-electron chi connectivity index (χ1n) is 10.6. The van der Waals surface area contributed by atoms with E-state index in [2.05, 4.69) is 41.2 Å². The summed E-state index contributed by atoms with van der Waals surface area (Å²) in [5.41, 5.74) is 5.59. The second-order valence-electron chi connectivity index (χ2n) is 8.02. The number of morpholine rings is 1. The molecule has 1 aliphatic heterocycles. The van der Waals surface area contributed by atoms with Gasteiger partial charge < -0.3 is 14.4 Å². The van der Waals surface area contributed by atoms with E-state index in [1.165, 1.54) is 16.9 Å². The Hall–Kier alpha value is -2.71. The molecule has 4 rings (SSSR count). The average Bonchev–Trinajstić information content (AvgIpc) is 3.43. The highest BCUT2D eigenvalue weighted by Gasteiger charge is 2.29. The second kappa shape index (κ2) is 9.62. The first-order chi connectivity index (χ1) is 15.0. The molecule has 164 valence electrons. The van der Waals surface area contributed by atoms with Crippen molar-refractivity contribution in [2.75, 3.05) is 26.3 Å². The zero-order valence-corrected chi connectivity index (χ0v) is 18.9. The topological polar surface area (TPSA) is 80.3 Å². The molecular formula is C23H28N4O3S. The summed E-state index contributed by atoms with van der Waals surface area (Å²) in [6, 6.07) is 10.2. The van der Waals surface area contributed by atoms with Crippen LogP contribution < -0.4 is 4.74 Å². The van der Waals surface area contributed by atoms with Gasteiger partial charge in [0.2, 0.25) is 0 Å². The largest absolute Gasteiger partial charge is 0.493 e. The number of thiazole rings is 1. The van der Waals surface area contributed by atoms with Crippen molar-refractivity contribution in [1.29, 1.82) is 0 Å².